The van der Waals surface area contributed by atoms with E-state index < -0.39 is 6.04 Å². The number of hydrogen-bond acceptors (Lipinski definition) is 3. The molecule has 1 N–H and O–H groups in total. The minimum atomic E-state index is -0.586. The largest absolute Gasteiger partial charge is 0.483 e. The van der Waals surface area contributed by atoms with Crippen LogP contribution >= 0.6 is 0 Å². The van der Waals surface area contributed by atoms with E-state index in [-0.39, 0.29) is 18.4 Å². The molecule has 0 aliphatic heterocycles. The van der Waals surface area contributed by atoms with Gasteiger partial charge in [-0.15, -0.1) is 0 Å². The highest BCUT2D eigenvalue weighted by molar-refractivity contribution is 5.87. The third kappa shape index (κ3) is 5.84. The molecule has 150 valence electrons. The van der Waals surface area contributed by atoms with Crippen molar-refractivity contribution in [2.45, 2.75) is 46.2 Å². The van der Waals surface area contributed by atoms with Gasteiger partial charge < -0.3 is 15.0 Å². The maximum atomic E-state index is 13.0. The van der Waals surface area contributed by atoms with E-state index in [4.69, 9.17) is 4.74 Å². The Hall–Kier alpha value is -2.82. The first-order valence-corrected chi connectivity index (χ1v) is 9.76. The van der Waals surface area contributed by atoms with E-state index >= 15 is 0 Å². The van der Waals surface area contributed by atoms with Gasteiger partial charge in [-0.05, 0) is 37.0 Å². The lowest BCUT2D eigenvalue weighted by Gasteiger charge is -2.28. The Morgan fingerprint density at radius 1 is 1.00 bits per heavy atom. The van der Waals surface area contributed by atoms with E-state index in [2.05, 4.69) is 19.2 Å². The van der Waals surface area contributed by atoms with Crippen molar-refractivity contribution in [3.05, 3.63) is 65.7 Å². The van der Waals surface area contributed by atoms with Crippen LogP contribution in [0.4, 0.5) is 0 Å². The summed E-state index contributed by atoms with van der Waals surface area (Å²) < 4.78 is 5.85. The molecular formula is C23H30N2O3. The van der Waals surface area contributed by atoms with Crippen LogP contribution in [0.5, 0.6) is 5.75 Å². The highest BCUT2D eigenvalue weighted by atomic mass is 16.5. The smallest absolute Gasteiger partial charge is 0.261 e. The van der Waals surface area contributed by atoms with E-state index in [1.807, 2.05) is 61.5 Å². The van der Waals surface area contributed by atoms with Crippen LogP contribution in [0, 0.1) is 0 Å². The normalized spacial score (nSPS) is 11.8. The fraction of sp³-hybridized carbons (Fsp3) is 0.391. The molecule has 0 spiro atoms. The minimum absolute atomic E-state index is 0.111. The average molecular weight is 383 g/mol. The lowest BCUT2D eigenvalue weighted by Crippen LogP contribution is -2.49. The molecule has 0 unspecified atom stereocenters. The van der Waals surface area contributed by atoms with Gasteiger partial charge in [0.05, 0.1) is 0 Å². The zero-order valence-corrected chi connectivity index (χ0v) is 17.1. The van der Waals surface area contributed by atoms with Crippen LogP contribution in [0.1, 0.15) is 44.7 Å². The molecular weight excluding hydrogens is 352 g/mol. The molecule has 5 heteroatoms. The monoisotopic (exact) mass is 382 g/mol. The summed E-state index contributed by atoms with van der Waals surface area (Å²) in [6, 6.07) is 16.8. The summed E-state index contributed by atoms with van der Waals surface area (Å²) >= 11 is 0. The van der Waals surface area contributed by atoms with E-state index in [1.165, 1.54) is 0 Å². The number of benzene rings is 2. The lowest BCUT2D eigenvalue weighted by molar-refractivity contribution is -0.142. The average Bonchev–Trinajstić information content (AvgIpc) is 2.70. The molecule has 0 fully saturated rings. The second-order valence-corrected chi connectivity index (χ2v) is 7.06. The van der Waals surface area contributed by atoms with Crippen molar-refractivity contribution in [3.8, 4) is 5.75 Å². The number of carbonyl (C=O) groups excluding carboxylic acids is 2. The van der Waals surface area contributed by atoms with E-state index in [9.17, 15) is 9.59 Å². The van der Waals surface area contributed by atoms with Crippen LogP contribution in [0.25, 0.3) is 0 Å². The molecule has 0 aromatic heterocycles. The summed E-state index contributed by atoms with van der Waals surface area (Å²) in [7, 11) is 0. The number of rotatable bonds is 9. The third-order valence-corrected chi connectivity index (χ3v) is 4.61. The molecule has 0 heterocycles. The molecule has 2 amide bonds. The van der Waals surface area contributed by atoms with Crippen LogP contribution in [0.2, 0.25) is 0 Å². The standard InChI is InChI=1S/C23H30N2O3/c1-5-24-23(27)18(4)25(15-19-11-7-6-8-12-19)22(26)16-28-21-14-10-9-13-20(21)17(2)3/h6-14,17-18H,5,15-16H2,1-4H3,(H,24,27)/t18-/m1/s1. The zero-order chi connectivity index (χ0) is 20.5. The molecule has 0 aliphatic carbocycles. The first-order valence-electron chi connectivity index (χ1n) is 9.76. The fourth-order valence-corrected chi connectivity index (χ4v) is 3.00. The summed E-state index contributed by atoms with van der Waals surface area (Å²) in [4.78, 5) is 26.9. The summed E-state index contributed by atoms with van der Waals surface area (Å²) in [6.07, 6.45) is 0. The third-order valence-electron chi connectivity index (χ3n) is 4.61. The Labute approximate surface area is 167 Å². The topological polar surface area (TPSA) is 58.6 Å². The molecule has 1 atom stereocenters. The highest BCUT2D eigenvalue weighted by Gasteiger charge is 2.26. The van der Waals surface area contributed by atoms with Gasteiger partial charge in [-0.1, -0.05) is 62.4 Å². The van der Waals surface area contributed by atoms with Gasteiger partial charge in [0.25, 0.3) is 5.91 Å². The fourth-order valence-electron chi connectivity index (χ4n) is 3.00. The minimum Gasteiger partial charge on any atom is -0.483 e. The Morgan fingerprint density at radius 3 is 2.29 bits per heavy atom. The molecule has 2 rings (SSSR count). The number of amides is 2. The molecule has 0 saturated heterocycles. The second kappa shape index (κ2) is 10.5. The van der Waals surface area contributed by atoms with E-state index in [0.29, 0.717) is 24.8 Å². The number of carbonyl (C=O) groups is 2. The maximum absolute atomic E-state index is 13.0. The van der Waals surface area contributed by atoms with Crippen molar-refractivity contribution in [2.24, 2.45) is 0 Å². The number of nitrogens with one attached hydrogen (secondary N) is 1. The molecule has 2 aromatic carbocycles. The Kier molecular flexibility index (Phi) is 8.05. The van der Waals surface area contributed by atoms with E-state index in [1.54, 1.807) is 11.8 Å². The number of nitrogens with zero attached hydrogens (tertiary/aromatic N) is 1. The van der Waals surface area contributed by atoms with Gasteiger partial charge in [0.15, 0.2) is 6.61 Å². The predicted octanol–water partition coefficient (Wildman–Crippen LogP) is 3.74. The van der Waals surface area contributed by atoms with Crippen molar-refractivity contribution in [2.75, 3.05) is 13.2 Å². The SMILES string of the molecule is CCNC(=O)[C@@H](C)N(Cc1ccccc1)C(=O)COc1ccccc1C(C)C. The summed E-state index contributed by atoms with van der Waals surface area (Å²) in [6.45, 7) is 8.54. The van der Waals surface area contributed by atoms with Crippen molar-refractivity contribution in [1.29, 1.82) is 0 Å². The first-order chi connectivity index (χ1) is 13.4. The quantitative estimate of drug-likeness (QED) is 0.719. The van der Waals surface area contributed by atoms with Crippen molar-refractivity contribution < 1.29 is 14.3 Å². The van der Waals surface area contributed by atoms with Crippen LogP contribution in [-0.2, 0) is 16.1 Å². The van der Waals surface area contributed by atoms with Gasteiger partial charge in [0.2, 0.25) is 5.91 Å². The number of ether oxygens (including phenoxy) is 1. The molecule has 0 saturated carbocycles. The number of hydrogen-bond donors (Lipinski definition) is 1. The molecule has 0 bridgehead atoms. The van der Waals surface area contributed by atoms with E-state index in [0.717, 1.165) is 11.1 Å². The Balaban J connectivity index is 2.15. The summed E-state index contributed by atoms with van der Waals surface area (Å²) in [5.74, 6) is 0.604. The van der Waals surface area contributed by atoms with Crippen LogP contribution in [0.15, 0.2) is 54.6 Å². The zero-order valence-electron chi connectivity index (χ0n) is 17.1. The van der Waals surface area contributed by atoms with Gasteiger partial charge in [-0.25, -0.2) is 0 Å². The first kappa shape index (κ1) is 21.5. The van der Waals surface area contributed by atoms with Gasteiger partial charge in [-0.3, -0.25) is 9.59 Å². The summed E-state index contributed by atoms with van der Waals surface area (Å²) in [5.41, 5.74) is 2.02. The predicted molar refractivity (Wildman–Crippen MR) is 111 cm³/mol. The van der Waals surface area contributed by atoms with Gasteiger partial charge in [0, 0.05) is 13.1 Å². The lowest BCUT2D eigenvalue weighted by atomic mass is 10.0. The van der Waals surface area contributed by atoms with Crippen molar-refractivity contribution in [1.82, 2.24) is 10.2 Å². The van der Waals surface area contributed by atoms with Crippen molar-refractivity contribution >= 4 is 11.8 Å². The van der Waals surface area contributed by atoms with Gasteiger partial charge >= 0.3 is 0 Å². The molecule has 2 aromatic rings. The number of likely N-dealkylation sites (N-methyl/N-ethyl adjacent to an activating group) is 1. The maximum Gasteiger partial charge on any atom is 0.261 e. The van der Waals surface area contributed by atoms with Crippen molar-refractivity contribution in [3.63, 3.8) is 0 Å². The Morgan fingerprint density at radius 2 is 1.64 bits per heavy atom. The molecule has 28 heavy (non-hydrogen) atoms. The van der Waals surface area contributed by atoms with Gasteiger partial charge in [0.1, 0.15) is 11.8 Å². The van der Waals surface area contributed by atoms with Crippen LogP contribution < -0.4 is 10.1 Å². The molecule has 5 nitrogen and oxygen atoms in total. The molecule has 0 aliphatic rings. The molecule has 0 radical (unpaired) electrons. The van der Waals surface area contributed by atoms with Crippen LogP contribution in [-0.4, -0.2) is 35.9 Å². The van der Waals surface area contributed by atoms with Crippen LogP contribution in [0.3, 0.4) is 0 Å². The Bertz CT molecular complexity index is 774. The summed E-state index contributed by atoms with van der Waals surface area (Å²) in [5, 5.41) is 2.79. The highest BCUT2D eigenvalue weighted by Crippen LogP contribution is 2.26. The van der Waals surface area contributed by atoms with Gasteiger partial charge in [-0.2, -0.15) is 0 Å². The number of para-hydroxylation sites is 1. The second-order valence-electron chi connectivity index (χ2n) is 7.06.